The molecule has 1 N–H and O–H groups in total. The molecule has 1 aliphatic carbocycles. The molecule has 0 heterocycles. The molecule has 1 aromatic rings. The number of ether oxygens (including phenoxy) is 1. The van der Waals surface area contributed by atoms with Crippen molar-refractivity contribution in [3.8, 4) is 5.75 Å². The van der Waals surface area contributed by atoms with Crippen LogP contribution in [0.15, 0.2) is 23.1 Å². The minimum atomic E-state index is -3.66. The van der Waals surface area contributed by atoms with Crippen molar-refractivity contribution in [2.45, 2.75) is 63.3 Å². The van der Waals surface area contributed by atoms with E-state index in [1.54, 1.807) is 0 Å². The van der Waals surface area contributed by atoms with Crippen molar-refractivity contribution in [1.82, 2.24) is 4.72 Å². The zero-order valence-corrected chi connectivity index (χ0v) is 14.7. The normalized spacial score (nSPS) is 16.3. The molecule has 0 amide bonds. The molecular weight excluding hydrogens is 317 g/mol. The first-order chi connectivity index (χ1) is 10.9. The highest BCUT2D eigenvalue weighted by Crippen LogP contribution is 2.30. The largest absolute Gasteiger partial charge is 0.490 e. The number of hydrogen-bond donors (Lipinski definition) is 1. The van der Waals surface area contributed by atoms with E-state index in [1.165, 1.54) is 12.1 Å². The number of unbranched alkanes of at least 4 members (excludes halogenated alkanes) is 2. The molecule has 6 heteroatoms. The molecule has 0 bridgehead atoms. The van der Waals surface area contributed by atoms with E-state index >= 15 is 0 Å². The fourth-order valence-corrected chi connectivity index (χ4v) is 3.64. The lowest BCUT2D eigenvalue weighted by Crippen LogP contribution is -2.32. The summed E-state index contributed by atoms with van der Waals surface area (Å²) in [7, 11) is -3.66. The van der Waals surface area contributed by atoms with Gasteiger partial charge in [0.05, 0.1) is 11.5 Å². The van der Waals surface area contributed by atoms with E-state index in [-0.39, 0.29) is 16.7 Å². The summed E-state index contributed by atoms with van der Waals surface area (Å²) in [4.78, 5) is 0.0482. The van der Waals surface area contributed by atoms with Gasteiger partial charge in [0.2, 0.25) is 10.0 Å². The highest BCUT2D eigenvalue weighted by molar-refractivity contribution is 7.89. The summed E-state index contributed by atoms with van der Waals surface area (Å²) in [5.74, 6) is -0.0367. The van der Waals surface area contributed by atoms with Gasteiger partial charge in [-0.25, -0.2) is 17.5 Å². The Labute approximate surface area is 138 Å². The summed E-state index contributed by atoms with van der Waals surface area (Å²) < 4.78 is 46.6. The van der Waals surface area contributed by atoms with Gasteiger partial charge in [-0.05, 0) is 44.2 Å². The van der Waals surface area contributed by atoms with Gasteiger partial charge >= 0.3 is 0 Å². The van der Waals surface area contributed by atoms with Crippen molar-refractivity contribution in [1.29, 1.82) is 0 Å². The van der Waals surface area contributed by atoms with Crippen LogP contribution in [0.4, 0.5) is 4.39 Å². The van der Waals surface area contributed by atoms with Crippen molar-refractivity contribution in [3.05, 3.63) is 24.0 Å². The second-order valence-electron chi connectivity index (χ2n) is 6.36. The van der Waals surface area contributed by atoms with Gasteiger partial charge in [0.15, 0.2) is 11.6 Å². The van der Waals surface area contributed by atoms with E-state index in [2.05, 4.69) is 11.6 Å². The summed E-state index contributed by atoms with van der Waals surface area (Å²) in [5.41, 5.74) is 0. The van der Waals surface area contributed by atoms with Gasteiger partial charge in [0, 0.05) is 12.1 Å². The zero-order valence-electron chi connectivity index (χ0n) is 13.8. The number of hydrogen-bond acceptors (Lipinski definition) is 3. The molecule has 1 aromatic carbocycles. The van der Waals surface area contributed by atoms with Gasteiger partial charge in [-0.2, -0.15) is 0 Å². The average Bonchev–Trinajstić information content (AvgIpc) is 3.30. The summed E-state index contributed by atoms with van der Waals surface area (Å²) in [5, 5.41) is 0. The minimum Gasteiger partial charge on any atom is -0.490 e. The van der Waals surface area contributed by atoms with Gasteiger partial charge in [-0.1, -0.05) is 26.2 Å². The zero-order chi connectivity index (χ0) is 16.9. The first-order valence-corrected chi connectivity index (χ1v) is 9.85. The standard InChI is InChI=1S/C17H26FNO3S/c1-3-4-5-6-13(2)19-23(20,21)15-9-10-16(18)17(11-15)22-12-14-7-8-14/h9-11,13-14,19H,3-8,12H2,1-2H3/t13-/m0/s1. The third-order valence-electron chi connectivity index (χ3n) is 3.98. The lowest BCUT2D eigenvalue weighted by Gasteiger charge is -2.15. The van der Waals surface area contributed by atoms with Crippen LogP contribution in [0.2, 0.25) is 0 Å². The van der Waals surface area contributed by atoms with Crippen molar-refractivity contribution in [2.75, 3.05) is 6.61 Å². The molecule has 0 unspecified atom stereocenters. The van der Waals surface area contributed by atoms with Crippen molar-refractivity contribution < 1.29 is 17.5 Å². The molecule has 1 fully saturated rings. The quantitative estimate of drug-likeness (QED) is 0.656. The van der Waals surface area contributed by atoms with Crippen molar-refractivity contribution >= 4 is 10.0 Å². The highest BCUT2D eigenvalue weighted by atomic mass is 32.2. The smallest absolute Gasteiger partial charge is 0.240 e. The fraction of sp³-hybridized carbons (Fsp3) is 0.647. The SMILES string of the molecule is CCCCC[C@H](C)NS(=O)(=O)c1ccc(F)c(OCC2CC2)c1. The van der Waals surface area contributed by atoms with Gasteiger partial charge in [0.25, 0.3) is 0 Å². The van der Waals surface area contributed by atoms with Gasteiger partial charge in [-0.15, -0.1) is 0 Å². The van der Waals surface area contributed by atoms with E-state index in [9.17, 15) is 12.8 Å². The maximum atomic E-state index is 13.8. The Balaban J connectivity index is 2.01. The molecule has 0 radical (unpaired) electrons. The van der Waals surface area contributed by atoms with Crippen LogP contribution in [0.1, 0.15) is 52.4 Å². The molecule has 0 aliphatic heterocycles. The van der Waals surface area contributed by atoms with Crippen molar-refractivity contribution in [2.24, 2.45) is 5.92 Å². The maximum absolute atomic E-state index is 13.8. The van der Waals surface area contributed by atoms with E-state index in [4.69, 9.17) is 4.74 Å². The first-order valence-electron chi connectivity index (χ1n) is 8.37. The highest BCUT2D eigenvalue weighted by Gasteiger charge is 2.24. The molecular formula is C17H26FNO3S. The van der Waals surface area contributed by atoms with E-state index in [0.717, 1.165) is 44.6 Å². The minimum absolute atomic E-state index is 0.0124. The molecule has 2 rings (SSSR count). The maximum Gasteiger partial charge on any atom is 0.240 e. The predicted molar refractivity (Wildman–Crippen MR) is 88.5 cm³/mol. The Morgan fingerprint density at radius 3 is 2.74 bits per heavy atom. The van der Waals surface area contributed by atoms with E-state index in [1.807, 2.05) is 6.92 Å². The van der Waals surface area contributed by atoms with Crippen LogP contribution in [-0.2, 0) is 10.0 Å². The van der Waals surface area contributed by atoms with Gasteiger partial charge < -0.3 is 4.74 Å². The number of sulfonamides is 1. The number of nitrogens with one attached hydrogen (secondary N) is 1. The second-order valence-corrected chi connectivity index (χ2v) is 8.08. The Morgan fingerprint density at radius 2 is 2.09 bits per heavy atom. The van der Waals surface area contributed by atoms with Crippen LogP contribution >= 0.6 is 0 Å². The predicted octanol–water partition coefficient (Wildman–Crippen LogP) is 3.86. The van der Waals surface area contributed by atoms with Gasteiger partial charge in [0.1, 0.15) is 0 Å². The third-order valence-corrected chi connectivity index (χ3v) is 5.57. The topological polar surface area (TPSA) is 55.4 Å². The van der Waals surface area contributed by atoms with E-state index in [0.29, 0.717) is 12.5 Å². The van der Waals surface area contributed by atoms with Crippen LogP contribution in [0.25, 0.3) is 0 Å². The summed E-state index contributed by atoms with van der Waals surface area (Å²) in [6.45, 7) is 4.40. The molecule has 0 spiro atoms. The monoisotopic (exact) mass is 343 g/mol. The Bertz CT molecular complexity index is 614. The molecule has 1 saturated carbocycles. The number of rotatable bonds is 10. The molecule has 1 atom stereocenters. The Morgan fingerprint density at radius 1 is 1.35 bits per heavy atom. The molecule has 0 aromatic heterocycles. The summed E-state index contributed by atoms with van der Waals surface area (Å²) >= 11 is 0. The molecule has 130 valence electrons. The molecule has 1 aliphatic rings. The second kappa shape index (κ2) is 8.11. The lowest BCUT2D eigenvalue weighted by molar-refractivity contribution is 0.284. The van der Waals surface area contributed by atoms with E-state index < -0.39 is 15.8 Å². The van der Waals surface area contributed by atoms with Gasteiger partial charge in [-0.3, -0.25) is 0 Å². The van der Waals surface area contributed by atoms with Crippen LogP contribution in [0.3, 0.4) is 0 Å². The summed E-state index contributed by atoms with van der Waals surface area (Å²) in [6.07, 6.45) is 6.15. The first kappa shape index (κ1) is 18.2. The van der Waals surface area contributed by atoms with Crippen molar-refractivity contribution in [3.63, 3.8) is 0 Å². The third kappa shape index (κ3) is 5.77. The van der Waals surface area contributed by atoms with Crippen LogP contribution in [0.5, 0.6) is 5.75 Å². The number of halogens is 1. The lowest BCUT2D eigenvalue weighted by atomic mass is 10.1. The van der Waals surface area contributed by atoms with Crippen LogP contribution in [-0.4, -0.2) is 21.1 Å². The van der Waals surface area contributed by atoms with Crippen LogP contribution < -0.4 is 9.46 Å². The molecule has 0 saturated heterocycles. The average molecular weight is 343 g/mol. The fourth-order valence-electron chi connectivity index (χ4n) is 2.35. The Hall–Kier alpha value is -1.14. The number of benzene rings is 1. The molecule has 4 nitrogen and oxygen atoms in total. The molecule has 23 heavy (non-hydrogen) atoms. The van der Waals surface area contributed by atoms with Crippen LogP contribution in [0, 0.1) is 11.7 Å². The Kier molecular flexibility index (Phi) is 6.41. The summed E-state index contributed by atoms with van der Waals surface area (Å²) in [6, 6.07) is 3.56.